The first-order valence-corrected chi connectivity index (χ1v) is 13.7. The van der Waals surface area contributed by atoms with Crippen molar-refractivity contribution in [3.05, 3.63) is 42.0 Å². The van der Waals surface area contributed by atoms with Crippen LogP contribution in [-0.2, 0) is 15.0 Å². The first-order valence-electron chi connectivity index (χ1n) is 12.3. The smallest absolute Gasteiger partial charge is 0.282 e. The molecule has 2 aromatic rings. The number of amides is 2. The maximum Gasteiger partial charge on any atom is 0.282 e. The van der Waals surface area contributed by atoms with Crippen molar-refractivity contribution < 1.29 is 18.0 Å². The summed E-state index contributed by atoms with van der Waals surface area (Å²) in [6.07, 6.45) is 5.70. The molecule has 0 bridgehead atoms. The number of piperazine rings is 1. The normalized spacial score (nSPS) is 20.8. The Bertz CT molecular complexity index is 1180. The Morgan fingerprint density at radius 2 is 1.38 bits per heavy atom. The molecule has 1 saturated carbocycles. The van der Waals surface area contributed by atoms with Crippen molar-refractivity contribution in [1.29, 1.82) is 0 Å². The SMILES string of the molecule is O=C(Nc1cc2ccccc2cc1C(=O)N1CCN(S(=O)(=O)N2CCCCCC2)CC1)C1CC1. The van der Waals surface area contributed by atoms with Crippen LogP contribution in [0, 0.1) is 5.92 Å². The third-order valence-corrected chi connectivity index (χ3v) is 9.10. The molecule has 9 heteroatoms. The van der Waals surface area contributed by atoms with Gasteiger partial charge in [0.25, 0.3) is 16.1 Å². The molecule has 182 valence electrons. The molecule has 0 aromatic heterocycles. The van der Waals surface area contributed by atoms with Gasteiger partial charge >= 0.3 is 0 Å². The molecule has 1 N–H and O–H groups in total. The highest BCUT2D eigenvalue weighted by Gasteiger charge is 2.35. The van der Waals surface area contributed by atoms with Gasteiger partial charge in [0, 0.05) is 45.2 Å². The fourth-order valence-corrected chi connectivity index (χ4v) is 6.50. The monoisotopic (exact) mass is 484 g/mol. The highest BCUT2D eigenvalue weighted by atomic mass is 32.2. The zero-order valence-electron chi connectivity index (χ0n) is 19.4. The number of nitrogens with one attached hydrogen (secondary N) is 1. The zero-order chi connectivity index (χ0) is 23.7. The van der Waals surface area contributed by atoms with E-state index >= 15 is 0 Å². The van der Waals surface area contributed by atoms with Crippen molar-refractivity contribution in [2.75, 3.05) is 44.6 Å². The van der Waals surface area contributed by atoms with Gasteiger partial charge in [-0.05, 0) is 48.6 Å². The Morgan fingerprint density at radius 1 is 0.794 bits per heavy atom. The van der Waals surface area contributed by atoms with Gasteiger partial charge < -0.3 is 10.2 Å². The molecule has 3 fully saturated rings. The van der Waals surface area contributed by atoms with Crippen LogP contribution in [0.5, 0.6) is 0 Å². The van der Waals surface area contributed by atoms with Crippen LogP contribution in [0.1, 0.15) is 48.9 Å². The Kier molecular flexibility index (Phi) is 6.59. The fourth-order valence-electron chi connectivity index (χ4n) is 4.83. The summed E-state index contributed by atoms with van der Waals surface area (Å²) in [6.45, 7) is 2.36. The lowest BCUT2D eigenvalue weighted by molar-refractivity contribution is -0.117. The largest absolute Gasteiger partial charge is 0.336 e. The van der Waals surface area contributed by atoms with E-state index < -0.39 is 10.2 Å². The minimum absolute atomic E-state index is 0.0298. The maximum absolute atomic E-state index is 13.5. The van der Waals surface area contributed by atoms with Gasteiger partial charge in [-0.1, -0.05) is 37.1 Å². The summed E-state index contributed by atoms with van der Waals surface area (Å²) in [6, 6.07) is 11.5. The first-order chi connectivity index (χ1) is 16.4. The van der Waals surface area contributed by atoms with Gasteiger partial charge in [0.1, 0.15) is 0 Å². The summed E-state index contributed by atoms with van der Waals surface area (Å²) < 4.78 is 29.4. The van der Waals surface area contributed by atoms with Crippen molar-refractivity contribution in [2.24, 2.45) is 5.92 Å². The second-order valence-corrected chi connectivity index (χ2v) is 11.4. The average molecular weight is 485 g/mol. The van der Waals surface area contributed by atoms with E-state index in [1.807, 2.05) is 36.4 Å². The van der Waals surface area contributed by atoms with Crippen LogP contribution in [-0.4, -0.2) is 73.0 Å². The molecule has 34 heavy (non-hydrogen) atoms. The third kappa shape index (κ3) is 4.82. The van der Waals surface area contributed by atoms with Crippen LogP contribution >= 0.6 is 0 Å². The van der Waals surface area contributed by atoms with Gasteiger partial charge in [-0.25, -0.2) is 0 Å². The molecule has 1 aliphatic carbocycles. The lowest BCUT2D eigenvalue weighted by Crippen LogP contribution is -2.54. The molecule has 2 heterocycles. The maximum atomic E-state index is 13.5. The van der Waals surface area contributed by atoms with Crippen LogP contribution in [0.4, 0.5) is 5.69 Å². The van der Waals surface area contributed by atoms with Gasteiger partial charge in [0.15, 0.2) is 0 Å². The lowest BCUT2D eigenvalue weighted by Gasteiger charge is -2.36. The summed E-state index contributed by atoms with van der Waals surface area (Å²) in [5.41, 5.74) is 0.983. The van der Waals surface area contributed by atoms with E-state index in [-0.39, 0.29) is 30.8 Å². The Hall–Kier alpha value is -2.49. The molecule has 8 nitrogen and oxygen atoms in total. The van der Waals surface area contributed by atoms with Crippen LogP contribution in [0.15, 0.2) is 36.4 Å². The van der Waals surface area contributed by atoms with Gasteiger partial charge in [-0.15, -0.1) is 0 Å². The molecule has 0 radical (unpaired) electrons. The molecular formula is C25H32N4O4S. The average Bonchev–Trinajstić information content (AvgIpc) is 3.71. The molecule has 3 aliphatic rings. The van der Waals surface area contributed by atoms with E-state index in [4.69, 9.17) is 0 Å². The minimum Gasteiger partial charge on any atom is -0.336 e. The number of nitrogens with zero attached hydrogens (tertiary/aromatic N) is 3. The van der Waals surface area contributed by atoms with Crippen molar-refractivity contribution in [3.63, 3.8) is 0 Å². The third-order valence-electron chi connectivity index (χ3n) is 7.07. The van der Waals surface area contributed by atoms with E-state index in [1.54, 1.807) is 9.21 Å². The number of carbonyl (C=O) groups is 2. The summed E-state index contributed by atoms with van der Waals surface area (Å²) in [5, 5.41) is 4.85. The lowest BCUT2D eigenvalue weighted by atomic mass is 10.0. The Balaban J connectivity index is 1.33. The standard InChI is InChI=1S/C25H32N4O4S/c30-24(19-9-10-19)26-23-18-21-8-4-3-7-20(21)17-22(23)25(31)27-13-15-29(16-14-27)34(32,33)28-11-5-1-2-6-12-28/h3-4,7-8,17-19H,1-2,5-6,9-16H2,(H,26,30). The van der Waals surface area contributed by atoms with Crippen LogP contribution in [0.25, 0.3) is 10.8 Å². The number of rotatable bonds is 5. The molecule has 2 saturated heterocycles. The summed E-state index contributed by atoms with van der Waals surface area (Å²) in [4.78, 5) is 27.7. The molecule has 5 rings (SSSR count). The van der Waals surface area contributed by atoms with Crippen LogP contribution in [0.3, 0.4) is 0 Å². The van der Waals surface area contributed by atoms with Gasteiger partial charge in [0.05, 0.1) is 11.3 Å². The fraction of sp³-hybridized carbons (Fsp3) is 0.520. The molecule has 2 aromatic carbocycles. The van der Waals surface area contributed by atoms with Crippen LogP contribution < -0.4 is 5.32 Å². The number of hydrogen-bond acceptors (Lipinski definition) is 4. The van der Waals surface area contributed by atoms with E-state index in [0.29, 0.717) is 37.4 Å². The Labute approximate surface area is 201 Å². The van der Waals surface area contributed by atoms with E-state index in [1.165, 1.54) is 4.31 Å². The van der Waals surface area contributed by atoms with E-state index in [2.05, 4.69) is 5.32 Å². The van der Waals surface area contributed by atoms with Crippen molar-refractivity contribution in [3.8, 4) is 0 Å². The summed E-state index contributed by atoms with van der Waals surface area (Å²) >= 11 is 0. The second-order valence-electron chi connectivity index (χ2n) is 9.52. The predicted octanol–water partition coefficient (Wildman–Crippen LogP) is 3.07. The molecule has 0 atom stereocenters. The predicted molar refractivity (Wildman–Crippen MR) is 132 cm³/mol. The highest BCUT2D eigenvalue weighted by Crippen LogP contribution is 2.32. The molecule has 2 aliphatic heterocycles. The number of fused-ring (bicyclic) bond motifs is 1. The highest BCUT2D eigenvalue weighted by molar-refractivity contribution is 7.86. The topological polar surface area (TPSA) is 90.0 Å². The van der Waals surface area contributed by atoms with Gasteiger partial charge in [-0.2, -0.15) is 17.0 Å². The number of hydrogen-bond donors (Lipinski definition) is 1. The Morgan fingerprint density at radius 3 is 2.00 bits per heavy atom. The zero-order valence-corrected chi connectivity index (χ0v) is 20.2. The summed E-state index contributed by atoms with van der Waals surface area (Å²) in [7, 11) is -3.51. The van der Waals surface area contributed by atoms with Gasteiger partial charge in [0.2, 0.25) is 5.91 Å². The first kappa shape index (κ1) is 23.3. The molecular weight excluding hydrogens is 452 g/mol. The van der Waals surface area contributed by atoms with Crippen molar-refractivity contribution in [2.45, 2.75) is 38.5 Å². The van der Waals surface area contributed by atoms with Crippen molar-refractivity contribution in [1.82, 2.24) is 13.5 Å². The molecule has 0 unspecified atom stereocenters. The van der Waals surface area contributed by atoms with Crippen LogP contribution in [0.2, 0.25) is 0 Å². The number of anilines is 1. The van der Waals surface area contributed by atoms with E-state index in [0.717, 1.165) is 49.3 Å². The van der Waals surface area contributed by atoms with Gasteiger partial charge in [-0.3, -0.25) is 9.59 Å². The minimum atomic E-state index is -3.51. The summed E-state index contributed by atoms with van der Waals surface area (Å²) in [5.74, 6) is -0.191. The number of carbonyl (C=O) groups excluding carboxylic acids is 2. The quantitative estimate of drug-likeness (QED) is 0.706. The molecule has 0 spiro atoms. The van der Waals surface area contributed by atoms with E-state index in [9.17, 15) is 18.0 Å². The number of benzene rings is 2. The second kappa shape index (κ2) is 9.64. The van der Waals surface area contributed by atoms with Crippen molar-refractivity contribution >= 4 is 38.5 Å². The molecule has 2 amide bonds.